The van der Waals surface area contributed by atoms with Crippen LogP contribution in [0, 0.1) is 6.92 Å². The number of anilines is 2. The lowest BCUT2D eigenvalue weighted by Crippen LogP contribution is -2.48. The van der Waals surface area contributed by atoms with Crippen molar-refractivity contribution in [2.75, 3.05) is 36.9 Å². The summed E-state index contributed by atoms with van der Waals surface area (Å²) >= 11 is 5.24. The van der Waals surface area contributed by atoms with Crippen molar-refractivity contribution in [2.45, 2.75) is 19.9 Å². The van der Waals surface area contributed by atoms with Crippen LogP contribution in [0.15, 0.2) is 34.1 Å². The Morgan fingerprint density at radius 3 is 2.75 bits per heavy atom. The fraction of sp³-hybridized carbons (Fsp3) is 0.350. The standard InChI is InChI=1S/C20H22BrN5OS/c1-12(17-6-7-18(21)28-17)22-20-15-10-14(4-5-16(15)23-13(2)24-20)26-9-8-25(3)19(27)11-26/h4-7,10,12H,8-9,11H2,1-3H3,(H,22,23,24). The number of halogens is 1. The number of nitrogens with one attached hydrogen (secondary N) is 1. The van der Waals surface area contributed by atoms with Gasteiger partial charge in [-0.05, 0) is 60.1 Å². The first kappa shape index (κ1) is 19.1. The lowest BCUT2D eigenvalue weighted by atomic mass is 10.1. The number of nitrogens with zero attached hydrogens (tertiary/aromatic N) is 4. The highest BCUT2D eigenvalue weighted by molar-refractivity contribution is 9.11. The predicted molar refractivity (Wildman–Crippen MR) is 118 cm³/mol. The number of aryl methyl sites for hydroxylation is 1. The summed E-state index contributed by atoms with van der Waals surface area (Å²) in [6.07, 6.45) is 0. The van der Waals surface area contributed by atoms with Crippen LogP contribution < -0.4 is 10.2 Å². The number of piperazine rings is 1. The molecule has 2 aromatic heterocycles. The van der Waals surface area contributed by atoms with E-state index in [1.807, 2.05) is 26.1 Å². The van der Waals surface area contributed by atoms with E-state index in [-0.39, 0.29) is 11.9 Å². The van der Waals surface area contributed by atoms with E-state index in [4.69, 9.17) is 0 Å². The second kappa shape index (κ2) is 7.67. The van der Waals surface area contributed by atoms with Gasteiger partial charge in [-0.1, -0.05) is 0 Å². The highest BCUT2D eigenvalue weighted by Crippen LogP contribution is 2.32. The minimum absolute atomic E-state index is 0.127. The fourth-order valence-corrected chi connectivity index (χ4v) is 4.78. The molecule has 3 aromatic rings. The molecular weight excluding hydrogens is 438 g/mol. The molecule has 8 heteroatoms. The number of carbonyl (C=O) groups excluding carboxylic acids is 1. The Kier molecular flexibility index (Phi) is 5.25. The van der Waals surface area contributed by atoms with Crippen LogP contribution in [0.1, 0.15) is 23.7 Å². The number of aromatic nitrogens is 2. The molecule has 1 aliphatic heterocycles. The summed E-state index contributed by atoms with van der Waals surface area (Å²) < 4.78 is 1.11. The van der Waals surface area contributed by atoms with E-state index < -0.39 is 0 Å². The molecule has 0 saturated carbocycles. The molecule has 1 amide bonds. The Morgan fingerprint density at radius 1 is 1.21 bits per heavy atom. The average Bonchev–Trinajstić information content (AvgIpc) is 3.10. The molecule has 1 atom stereocenters. The lowest BCUT2D eigenvalue weighted by molar-refractivity contribution is -0.129. The van der Waals surface area contributed by atoms with E-state index in [1.165, 1.54) is 4.88 Å². The Morgan fingerprint density at radius 2 is 2.04 bits per heavy atom. The summed E-state index contributed by atoms with van der Waals surface area (Å²) in [7, 11) is 1.85. The fourth-order valence-electron chi connectivity index (χ4n) is 3.36. The maximum absolute atomic E-state index is 12.1. The van der Waals surface area contributed by atoms with Gasteiger partial charge in [0.25, 0.3) is 0 Å². The van der Waals surface area contributed by atoms with Gasteiger partial charge >= 0.3 is 0 Å². The van der Waals surface area contributed by atoms with Gasteiger partial charge in [0.1, 0.15) is 11.6 Å². The lowest BCUT2D eigenvalue weighted by Gasteiger charge is -2.33. The molecule has 1 unspecified atom stereocenters. The Labute approximate surface area is 176 Å². The first-order valence-electron chi connectivity index (χ1n) is 9.20. The number of likely N-dealkylation sites (N-methyl/N-ethyl adjacent to an activating group) is 1. The number of hydrogen-bond acceptors (Lipinski definition) is 6. The number of benzene rings is 1. The van der Waals surface area contributed by atoms with Gasteiger partial charge in [0.05, 0.1) is 21.9 Å². The number of thiophene rings is 1. The molecule has 0 spiro atoms. The maximum Gasteiger partial charge on any atom is 0.241 e. The molecule has 146 valence electrons. The Hall–Kier alpha value is -2.19. The molecule has 1 N–H and O–H groups in total. The van der Waals surface area contributed by atoms with Crippen LogP contribution in [0.4, 0.5) is 11.5 Å². The highest BCUT2D eigenvalue weighted by atomic mass is 79.9. The Bertz CT molecular complexity index is 1040. The van der Waals surface area contributed by atoms with Crippen molar-refractivity contribution >= 4 is 55.6 Å². The van der Waals surface area contributed by atoms with E-state index >= 15 is 0 Å². The molecule has 3 heterocycles. The summed E-state index contributed by atoms with van der Waals surface area (Å²) in [5, 5.41) is 4.52. The van der Waals surface area contributed by atoms with Gasteiger partial charge in [0, 0.05) is 36.1 Å². The molecule has 4 rings (SSSR count). The van der Waals surface area contributed by atoms with Crippen molar-refractivity contribution in [3.63, 3.8) is 0 Å². The number of fused-ring (bicyclic) bond motifs is 1. The maximum atomic E-state index is 12.1. The third-order valence-corrected chi connectivity index (χ3v) is 6.79. The summed E-state index contributed by atoms with van der Waals surface area (Å²) in [5.74, 6) is 1.70. The van der Waals surface area contributed by atoms with Crippen LogP contribution in [0.2, 0.25) is 0 Å². The molecule has 0 aliphatic carbocycles. The quantitative estimate of drug-likeness (QED) is 0.632. The largest absolute Gasteiger partial charge is 0.362 e. The number of hydrogen-bond donors (Lipinski definition) is 1. The molecule has 0 radical (unpaired) electrons. The van der Waals surface area contributed by atoms with Crippen molar-refractivity contribution in [1.29, 1.82) is 0 Å². The van der Waals surface area contributed by atoms with Crippen LogP contribution >= 0.6 is 27.3 Å². The van der Waals surface area contributed by atoms with Gasteiger partial charge in [-0.15, -0.1) is 11.3 Å². The number of rotatable bonds is 4. The molecular formula is C20H22BrN5OS. The average molecular weight is 460 g/mol. The first-order chi connectivity index (χ1) is 13.4. The number of carbonyl (C=O) groups is 1. The van der Waals surface area contributed by atoms with E-state index in [9.17, 15) is 4.79 Å². The van der Waals surface area contributed by atoms with Crippen molar-refractivity contribution in [3.8, 4) is 0 Å². The van der Waals surface area contributed by atoms with E-state index in [2.05, 4.69) is 61.2 Å². The summed E-state index contributed by atoms with van der Waals surface area (Å²) in [4.78, 5) is 26.5. The Balaban J connectivity index is 1.68. The molecule has 1 saturated heterocycles. The zero-order chi connectivity index (χ0) is 19.8. The molecule has 1 aliphatic rings. The zero-order valence-electron chi connectivity index (χ0n) is 16.1. The van der Waals surface area contributed by atoms with E-state index in [0.29, 0.717) is 6.54 Å². The summed E-state index contributed by atoms with van der Waals surface area (Å²) in [6, 6.07) is 10.4. The minimum Gasteiger partial charge on any atom is -0.362 e. The highest BCUT2D eigenvalue weighted by Gasteiger charge is 2.22. The van der Waals surface area contributed by atoms with Crippen LogP contribution in [0.3, 0.4) is 0 Å². The predicted octanol–water partition coefficient (Wildman–Crippen LogP) is 4.21. The summed E-state index contributed by atoms with van der Waals surface area (Å²) in [6.45, 7) is 5.99. The molecule has 0 bridgehead atoms. The second-order valence-electron chi connectivity index (χ2n) is 7.07. The van der Waals surface area contributed by atoms with Crippen LogP contribution in [-0.2, 0) is 4.79 Å². The van der Waals surface area contributed by atoms with Crippen molar-refractivity contribution in [1.82, 2.24) is 14.9 Å². The van der Waals surface area contributed by atoms with Gasteiger partial charge in [-0.25, -0.2) is 9.97 Å². The van der Waals surface area contributed by atoms with Gasteiger partial charge in [0.15, 0.2) is 0 Å². The van der Waals surface area contributed by atoms with E-state index in [0.717, 1.165) is 45.1 Å². The summed E-state index contributed by atoms with van der Waals surface area (Å²) in [5.41, 5.74) is 1.93. The van der Waals surface area contributed by atoms with Crippen molar-refractivity contribution < 1.29 is 4.79 Å². The van der Waals surface area contributed by atoms with Gasteiger partial charge in [-0.3, -0.25) is 4.79 Å². The molecule has 28 heavy (non-hydrogen) atoms. The number of amides is 1. The third kappa shape index (κ3) is 3.84. The molecule has 1 fully saturated rings. The third-order valence-electron chi connectivity index (χ3n) is 4.99. The van der Waals surface area contributed by atoms with Crippen LogP contribution in [-0.4, -0.2) is 47.5 Å². The zero-order valence-corrected chi connectivity index (χ0v) is 18.5. The van der Waals surface area contributed by atoms with Crippen LogP contribution in [0.5, 0.6) is 0 Å². The second-order valence-corrected chi connectivity index (χ2v) is 9.56. The molecule has 6 nitrogen and oxygen atoms in total. The van der Waals surface area contributed by atoms with Crippen molar-refractivity contribution in [3.05, 3.63) is 44.8 Å². The van der Waals surface area contributed by atoms with Gasteiger partial charge in [0.2, 0.25) is 5.91 Å². The van der Waals surface area contributed by atoms with E-state index in [1.54, 1.807) is 16.2 Å². The first-order valence-corrected chi connectivity index (χ1v) is 10.8. The SMILES string of the molecule is Cc1nc(NC(C)c2ccc(Br)s2)c2cc(N3CCN(C)C(=O)C3)ccc2n1. The minimum atomic E-state index is 0.127. The topological polar surface area (TPSA) is 61.4 Å². The van der Waals surface area contributed by atoms with Crippen molar-refractivity contribution in [2.24, 2.45) is 0 Å². The smallest absolute Gasteiger partial charge is 0.241 e. The monoisotopic (exact) mass is 459 g/mol. The molecule has 1 aromatic carbocycles. The normalized spacial score (nSPS) is 15.9. The van der Waals surface area contributed by atoms with Gasteiger partial charge < -0.3 is 15.1 Å². The van der Waals surface area contributed by atoms with Crippen LogP contribution in [0.25, 0.3) is 10.9 Å². The van der Waals surface area contributed by atoms with Gasteiger partial charge in [-0.2, -0.15) is 0 Å².